The molecule has 45 heavy (non-hydrogen) atoms. The Morgan fingerprint density at radius 1 is 0.711 bits per heavy atom. The van der Waals surface area contributed by atoms with Crippen LogP contribution in [0.3, 0.4) is 0 Å². The first-order valence-electron chi connectivity index (χ1n) is 18.4. The zero-order valence-corrected chi connectivity index (χ0v) is 30.1. The van der Waals surface area contributed by atoms with Crippen molar-refractivity contribution in [2.24, 2.45) is 0 Å². The van der Waals surface area contributed by atoms with Gasteiger partial charge in [-0.3, -0.25) is 14.2 Å². The molecule has 0 aromatic carbocycles. The van der Waals surface area contributed by atoms with Crippen molar-refractivity contribution in [1.29, 1.82) is 0 Å². The number of phosphoric acid groups is 1. The van der Waals surface area contributed by atoms with Crippen molar-refractivity contribution in [2.45, 2.75) is 161 Å². The molecule has 1 fully saturated rings. The molecular formula is C35H68NO8P. The molecule has 0 aromatic rings. The summed E-state index contributed by atoms with van der Waals surface area (Å²) in [6.45, 7) is 7.27. The standard InChI is InChI=1S/C35H68NO8P/c1-4-5-6-7-8-9-10-11-12-13-14-15-16-17-18-23-28-41-31-34(44-35(38)30-33(2)37)32-43-45(39,40)42-29-24-19-20-25-36(3)26-21-22-27-36/h34H,4-32H2,1-3H3. The van der Waals surface area contributed by atoms with Crippen LogP contribution in [0.1, 0.15) is 155 Å². The van der Waals surface area contributed by atoms with Gasteiger partial charge in [0.2, 0.25) is 0 Å². The van der Waals surface area contributed by atoms with Gasteiger partial charge < -0.3 is 27.9 Å². The molecule has 1 heterocycles. The van der Waals surface area contributed by atoms with Crippen molar-refractivity contribution in [1.82, 2.24) is 0 Å². The molecule has 1 aliphatic rings. The minimum absolute atomic E-state index is 0.000593. The van der Waals surface area contributed by atoms with Crippen molar-refractivity contribution < 1.29 is 42.1 Å². The van der Waals surface area contributed by atoms with Crippen LogP contribution >= 0.6 is 7.82 Å². The second-order valence-electron chi connectivity index (χ2n) is 13.5. The first-order chi connectivity index (χ1) is 21.7. The quantitative estimate of drug-likeness (QED) is 0.0234. The normalized spacial score (nSPS) is 16.4. The molecule has 2 unspecified atom stereocenters. The summed E-state index contributed by atoms with van der Waals surface area (Å²) in [7, 11) is -2.26. The molecule has 0 aromatic heterocycles. The summed E-state index contributed by atoms with van der Waals surface area (Å²) in [6, 6.07) is 0. The van der Waals surface area contributed by atoms with Gasteiger partial charge >= 0.3 is 5.97 Å². The average molecular weight is 662 g/mol. The summed E-state index contributed by atoms with van der Waals surface area (Å²) in [5.74, 6) is -1.05. The Kier molecular flexibility index (Phi) is 25.5. The lowest BCUT2D eigenvalue weighted by Gasteiger charge is -2.29. The summed E-state index contributed by atoms with van der Waals surface area (Å²) >= 11 is 0. The highest BCUT2D eigenvalue weighted by Crippen LogP contribution is 2.38. The molecular weight excluding hydrogens is 593 g/mol. The number of carbonyl (C=O) groups excluding carboxylic acids is 2. The molecule has 0 saturated carbocycles. The number of hydrogen-bond acceptors (Lipinski definition) is 8. The number of esters is 1. The van der Waals surface area contributed by atoms with E-state index in [2.05, 4.69) is 14.0 Å². The maximum absolute atomic E-state index is 12.3. The topological polar surface area (TPSA) is 111 Å². The van der Waals surface area contributed by atoms with E-state index in [0.29, 0.717) is 13.0 Å². The lowest BCUT2D eigenvalue weighted by atomic mass is 10.0. The number of phosphoric ester groups is 1. The molecule has 10 heteroatoms. The van der Waals surface area contributed by atoms with E-state index in [4.69, 9.17) is 18.5 Å². The van der Waals surface area contributed by atoms with Crippen molar-refractivity contribution in [3.8, 4) is 0 Å². The summed E-state index contributed by atoms with van der Waals surface area (Å²) < 4.78 is 34.4. The van der Waals surface area contributed by atoms with Gasteiger partial charge in [-0.1, -0.05) is 103 Å². The molecule has 0 spiro atoms. The van der Waals surface area contributed by atoms with Crippen LogP contribution in [0.5, 0.6) is 0 Å². The van der Waals surface area contributed by atoms with E-state index in [-0.39, 0.29) is 25.4 Å². The Balaban J connectivity index is 2.12. The van der Waals surface area contributed by atoms with E-state index in [0.717, 1.165) is 43.1 Å². The molecule has 0 bridgehead atoms. The van der Waals surface area contributed by atoms with Gasteiger partial charge in [0.25, 0.3) is 7.82 Å². The van der Waals surface area contributed by atoms with Crippen LogP contribution in [0.25, 0.3) is 0 Å². The third kappa shape index (κ3) is 25.9. The largest absolute Gasteiger partial charge is 0.756 e. The van der Waals surface area contributed by atoms with Crippen molar-refractivity contribution >= 4 is 19.6 Å². The van der Waals surface area contributed by atoms with Crippen LogP contribution in [0, 0.1) is 0 Å². The summed E-state index contributed by atoms with van der Waals surface area (Å²) in [5.41, 5.74) is 0. The van der Waals surface area contributed by atoms with Gasteiger partial charge in [-0.05, 0) is 32.6 Å². The minimum Gasteiger partial charge on any atom is -0.756 e. The first kappa shape index (κ1) is 42.2. The van der Waals surface area contributed by atoms with E-state index >= 15 is 0 Å². The molecule has 1 saturated heterocycles. The lowest BCUT2D eigenvalue weighted by molar-refractivity contribution is -0.897. The van der Waals surface area contributed by atoms with Gasteiger partial charge in [-0.2, -0.15) is 0 Å². The number of ketones is 1. The van der Waals surface area contributed by atoms with E-state index in [1.807, 2.05) is 0 Å². The zero-order valence-electron chi connectivity index (χ0n) is 29.2. The highest BCUT2D eigenvalue weighted by atomic mass is 31.2. The molecule has 9 nitrogen and oxygen atoms in total. The fraction of sp³-hybridized carbons (Fsp3) is 0.943. The average Bonchev–Trinajstić information content (AvgIpc) is 3.42. The third-order valence-electron chi connectivity index (χ3n) is 8.79. The Labute approximate surface area is 275 Å². The van der Waals surface area contributed by atoms with E-state index in [1.54, 1.807) is 0 Å². The molecule has 266 valence electrons. The highest BCUT2D eigenvalue weighted by Gasteiger charge is 2.25. The fourth-order valence-corrected chi connectivity index (χ4v) is 6.77. The SMILES string of the molecule is CCCCCCCCCCCCCCCCCCOCC(COP(=O)([O-])OCCCCC[N+]1(C)CCCC1)OC(=O)CC(C)=O. The molecule has 1 aliphatic heterocycles. The number of quaternary nitrogens is 1. The van der Waals surface area contributed by atoms with Crippen molar-refractivity contribution in [3.05, 3.63) is 0 Å². The van der Waals surface area contributed by atoms with Crippen LogP contribution < -0.4 is 4.89 Å². The van der Waals surface area contributed by atoms with Gasteiger partial charge in [0.1, 0.15) is 18.3 Å². The van der Waals surface area contributed by atoms with E-state index < -0.39 is 26.5 Å². The summed E-state index contributed by atoms with van der Waals surface area (Å²) in [4.78, 5) is 35.6. The Morgan fingerprint density at radius 3 is 1.73 bits per heavy atom. The fourth-order valence-electron chi connectivity index (χ4n) is 6.00. The first-order valence-corrected chi connectivity index (χ1v) is 19.8. The molecule has 0 aliphatic carbocycles. The summed E-state index contributed by atoms with van der Waals surface area (Å²) in [5, 5.41) is 0. The highest BCUT2D eigenvalue weighted by molar-refractivity contribution is 7.45. The van der Waals surface area contributed by atoms with Crippen LogP contribution in [0.15, 0.2) is 0 Å². The Morgan fingerprint density at radius 2 is 1.20 bits per heavy atom. The second kappa shape index (κ2) is 27.2. The number of carbonyl (C=O) groups is 2. The van der Waals surface area contributed by atoms with Gasteiger partial charge in [-0.15, -0.1) is 0 Å². The lowest BCUT2D eigenvalue weighted by Crippen LogP contribution is -2.41. The van der Waals surface area contributed by atoms with E-state index in [1.165, 1.54) is 116 Å². The Hall–Kier alpha value is -0.830. The zero-order chi connectivity index (χ0) is 33.1. The summed E-state index contributed by atoms with van der Waals surface area (Å²) in [6.07, 6.45) is 24.5. The number of likely N-dealkylation sites (tertiary alicyclic amines) is 1. The third-order valence-corrected chi connectivity index (χ3v) is 9.76. The van der Waals surface area contributed by atoms with Crippen molar-refractivity contribution in [3.63, 3.8) is 0 Å². The molecule has 0 radical (unpaired) electrons. The van der Waals surface area contributed by atoms with Crippen LogP contribution in [0.4, 0.5) is 0 Å². The van der Waals surface area contributed by atoms with Gasteiger partial charge in [0.05, 0.1) is 46.5 Å². The molecule has 2 atom stereocenters. The second-order valence-corrected chi connectivity index (χ2v) is 14.9. The molecule has 0 N–H and O–H groups in total. The van der Waals surface area contributed by atoms with Gasteiger partial charge in [0.15, 0.2) is 0 Å². The maximum atomic E-state index is 12.3. The predicted octanol–water partition coefficient (Wildman–Crippen LogP) is 8.07. The number of unbranched alkanes of at least 4 members (excludes halogenated alkanes) is 17. The smallest absolute Gasteiger partial charge is 0.313 e. The van der Waals surface area contributed by atoms with E-state index in [9.17, 15) is 19.0 Å². The predicted molar refractivity (Wildman–Crippen MR) is 179 cm³/mol. The Bertz CT molecular complexity index is 790. The van der Waals surface area contributed by atoms with Crippen LogP contribution in [0.2, 0.25) is 0 Å². The monoisotopic (exact) mass is 661 g/mol. The van der Waals surface area contributed by atoms with Crippen LogP contribution in [-0.4, -0.2) is 75.4 Å². The molecule has 0 amide bonds. The number of hydrogen-bond donors (Lipinski definition) is 0. The number of Topliss-reactive ketones (excluding diaryl/α,β-unsaturated/α-hetero) is 1. The number of nitrogens with zero attached hydrogens (tertiary/aromatic N) is 1. The van der Waals surface area contributed by atoms with Gasteiger partial charge in [-0.25, -0.2) is 0 Å². The maximum Gasteiger partial charge on any atom is 0.313 e. The number of ether oxygens (including phenoxy) is 2. The molecule has 1 rings (SSSR count). The number of rotatable bonds is 32. The van der Waals surface area contributed by atoms with Crippen molar-refractivity contribution in [2.75, 3.05) is 53.1 Å². The minimum atomic E-state index is -4.55. The van der Waals surface area contributed by atoms with Crippen LogP contribution in [-0.2, 0) is 32.7 Å². The van der Waals surface area contributed by atoms with Gasteiger partial charge in [0, 0.05) is 19.4 Å².